The number of hydrogen-bond acceptors (Lipinski definition) is 4. The van der Waals surface area contributed by atoms with Gasteiger partial charge in [0.05, 0.1) is 5.69 Å². The molecule has 2 rings (SSSR count). The average Bonchev–Trinajstić information content (AvgIpc) is 2.88. The molecular weight excluding hydrogens is 274 g/mol. The van der Waals surface area contributed by atoms with Crippen molar-refractivity contribution in [1.29, 1.82) is 0 Å². The molecule has 0 aliphatic rings. The minimum atomic E-state index is 0.427. The van der Waals surface area contributed by atoms with E-state index in [-0.39, 0.29) is 0 Å². The molecule has 20 heavy (non-hydrogen) atoms. The zero-order valence-corrected chi connectivity index (χ0v) is 12.8. The fraction of sp³-hybridized carbons (Fsp3) is 0.400. The van der Waals surface area contributed by atoms with Crippen LogP contribution in [-0.2, 0) is 13.1 Å². The van der Waals surface area contributed by atoms with E-state index in [4.69, 9.17) is 16.0 Å². The van der Waals surface area contributed by atoms with Crippen LogP contribution in [0.3, 0.4) is 0 Å². The molecule has 0 unspecified atom stereocenters. The van der Waals surface area contributed by atoms with E-state index in [1.54, 1.807) is 6.26 Å². The Labute approximate surface area is 124 Å². The van der Waals surface area contributed by atoms with Gasteiger partial charge in [0.15, 0.2) is 0 Å². The molecule has 0 fully saturated rings. The largest absolute Gasteiger partial charge is 0.432 e. The molecule has 0 saturated heterocycles. The van der Waals surface area contributed by atoms with Crippen molar-refractivity contribution >= 4 is 17.6 Å². The first-order valence-corrected chi connectivity index (χ1v) is 7.06. The summed E-state index contributed by atoms with van der Waals surface area (Å²) in [6, 6.07) is 8.82. The van der Waals surface area contributed by atoms with Gasteiger partial charge in [-0.25, -0.2) is 0 Å². The highest BCUT2D eigenvalue weighted by Gasteiger charge is 2.11. The van der Waals surface area contributed by atoms with Crippen LogP contribution in [0.1, 0.15) is 25.1 Å². The summed E-state index contributed by atoms with van der Waals surface area (Å²) in [5.74, 6) is 0. The Kier molecular flexibility index (Phi) is 5.04. The van der Waals surface area contributed by atoms with Crippen LogP contribution in [0.15, 0.2) is 34.9 Å². The molecule has 0 radical (unpaired) electrons. The van der Waals surface area contributed by atoms with Gasteiger partial charge in [-0.1, -0.05) is 43.6 Å². The van der Waals surface area contributed by atoms with Crippen LogP contribution in [0.2, 0.25) is 5.02 Å². The zero-order chi connectivity index (χ0) is 14.5. The van der Waals surface area contributed by atoms with Crippen LogP contribution in [-0.4, -0.2) is 18.1 Å². The van der Waals surface area contributed by atoms with Gasteiger partial charge >= 0.3 is 0 Å². The number of rotatable bonds is 6. The van der Waals surface area contributed by atoms with Crippen molar-refractivity contribution in [3.05, 3.63) is 46.8 Å². The second-order valence-electron chi connectivity index (χ2n) is 5.10. The second kappa shape index (κ2) is 6.77. The lowest BCUT2D eigenvalue weighted by Crippen LogP contribution is -2.22. The van der Waals surface area contributed by atoms with E-state index in [1.165, 1.54) is 0 Å². The first-order chi connectivity index (χ1) is 9.56. The lowest BCUT2D eigenvalue weighted by Gasteiger charge is -2.15. The maximum Gasteiger partial charge on any atom is 0.297 e. The van der Waals surface area contributed by atoms with Gasteiger partial charge in [-0.3, -0.25) is 0 Å². The number of halogens is 1. The van der Waals surface area contributed by atoms with Crippen LogP contribution >= 0.6 is 11.6 Å². The number of nitrogens with zero attached hydrogens (tertiary/aromatic N) is 2. The summed E-state index contributed by atoms with van der Waals surface area (Å²) >= 11 is 6.16. The molecule has 0 amide bonds. The number of hydrogen-bond donors (Lipinski definition) is 1. The summed E-state index contributed by atoms with van der Waals surface area (Å²) in [7, 11) is 1.94. The van der Waals surface area contributed by atoms with Crippen molar-refractivity contribution in [2.45, 2.75) is 33.0 Å². The molecule has 0 spiro atoms. The SMILES string of the molecule is CC(C)NCc1coc(N(C)Cc2ccccc2Cl)n1. The number of anilines is 1. The quantitative estimate of drug-likeness (QED) is 0.885. The minimum absolute atomic E-state index is 0.427. The lowest BCUT2D eigenvalue weighted by molar-refractivity contribution is 0.540. The van der Waals surface area contributed by atoms with Gasteiger partial charge in [-0.05, 0) is 11.6 Å². The first kappa shape index (κ1) is 14.9. The standard InChI is InChI=1S/C15H20ClN3O/c1-11(2)17-8-13-10-20-15(18-13)19(3)9-12-6-4-5-7-14(12)16/h4-7,10-11,17H,8-9H2,1-3H3. The number of oxazole rings is 1. The van der Waals surface area contributed by atoms with Crippen LogP contribution in [0.5, 0.6) is 0 Å². The highest BCUT2D eigenvalue weighted by Crippen LogP contribution is 2.20. The van der Waals surface area contributed by atoms with Crippen molar-refractivity contribution in [2.75, 3.05) is 11.9 Å². The summed E-state index contributed by atoms with van der Waals surface area (Å²) < 4.78 is 5.50. The zero-order valence-electron chi connectivity index (χ0n) is 12.1. The molecule has 1 aromatic heterocycles. The predicted molar refractivity (Wildman–Crippen MR) is 82.0 cm³/mol. The number of benzene rings is 1. The van der Waals surface area contributed by atoms with Crippen molar-refractivity contribution < 1.29 is 4.42 Å². The molecule has 5 heteroatoms. The molecule has 0 aliphatic heterocycles. The molecule has 0 bridgehead atoms. The summed E-state index contributed by atoms with van der Waals surface area (Å²) in [6.45, 7) is 5.58. The van der Waals surface area contributed by atoms with Crippen LogP contribution in [0.25, 0.3) is 0 Å². The maximum absolute atomic E-state index is 6.16. The van der Waals surface area contributed by atoms with Gasteiger partial charge in [0, 0.05) is 31.2 Å². The van der Waals surface area contributed by atoms with Crippen LogP contribution in [0.4, 0.5) is 6.01 Å². The van der Waals surface area contributed by atoms with Gasteiger partial charge in [-0.15, -0.1) is 0 Å². The average molecular weight is 294 g/mol. The molecule has 1 aromatic carbocycles. The molecule has 1 N–H and O–H groups in total. The Hall–Kier alpha value is -1.52. The third-order valence-electron chi connectivity index (χ3n) is 2.92. The predicted octanol–water partition coefficient (Wildman–Crippen LogP) is 3.46. The summed E-state index contributed by atoms with van der Waals surface area (Å²) in [6.07, 6.45) is 1.69. The van der Waals surface area contributed by atoms with Gasteiger partial charge in [0.2, 0.25) is 0 Å². The molecule has 2 aromatic rings. The number of nitrogens with one attached hydrogen (secondary N) is 1. The van der Waals surface area contributed by atoms with E-state index in [9.17, 15) is 0 Å². The molecule has 108 valence electrons. The van der Waals surface area contributed by atoms with E-state index in [1.807, 2.05) is 36.2 Å². The van der Waals surface area contributed by atoms with Crippen LogP contribution < -0.4 is 10.2 Å². The van der Waals surface area contributed by atoms with Gasteiger partial charge in [0.1, 0.15) is 6.26 Å². The van der Waals surface area contributed by atoms with Crippen molar-refractivity contribution in [3.8, 4) is 0 Å². The third-order valence-corrected chi connectivity index (χ3v) is 3.29. The normalized spacial score (nSPS) is 11.1. The van der Waals surface area contributed by atoms with E-state index < -0.39 is 0 Å². The van der Waals surface area contributed by atoms with Gasteiger partial charge < -0.3 is 14.6 Å². The Morgan fingerprint density at radius 2 is 2.10 bits per heavy atom. The fourth-order valence-electron chi connectivity index (χ4n) is 1.81. The summed E-state index contributed by atoms with van der Waals surface area (Å²) in [5.41, 5.74) is 1.96. The molecule has 0 aliphatic carbocycles. The van der Waals surface area contributed by atoms with E-state index in [0.717, 1.165) is 16.3 Å². The highest BCUT2D eigenvalue weighted by atomic mass is 35.5. The minimum Gasteiger partial charge on any atom is -0.432 e. The maximum atomic E-state index is 6.16. The smallest absolute Gasteiger partial charge is 0.297 e. The summed E-state index contributed by atoms with van der Waals surface area (Å²) in [4.78, 5) is 6.41. The van der Waals surface area contributed by atoms with Crippen molar-refractivity contribution in [1.82, 2.24) is 10.3 Å². The molecule has 0 atom stereocenters. The summed E-state index contributed by atoms with van der Waals surface area (Å²) in [5, 5.41) is 4.07. The third kappa shape index (κ3) is 3.99. The highest BCUT2D eigenvalue weighted by molar-refractivity contribution is 6.31. The lowest BCUT2D eigenvalue weighted by atomic mass is 10.2. The van der Waals surface area contributed by atoms with Crippen molar-refractivity contribution in [2.24, 2.45) is 0 Å². The van der Waals surface area contributed by atoms with Gasteiger partial charge in [0.25, 0.3) is 6.01 Å². The van der Waals surface area contributed by atoms with Gasteiger partial charge in [-0.2, -0.15) is 4.98 Å². The second-order valence-corrected chi connectivity index (χ2v) is 5.51. The Morgan fingerprint density at radius 3 is 2.80 bits per heavy atom. The Balaban J connectivity index is 1.99. The molecule has 0 saturated carbocycles. The van der Waals surface area contributed by atoms with Crippen LogP contribution in [0, 0.1) is 0 Å². The monoisotopic (exact) mass is 293 g/mol. The Morgan fingerprint density at radius 1 is 1.35 bits per heavy atom. The van der Waals surface area contributed by atoms with Crippen molar-refractivity contribution in [3.63, 3.8) is 0 Å². The topological polar surface area (TPSA) is 41.3 Å². The molecular formula is C15H20ClN3O. The van der Waals surface area contributed by atoms with E-state index >= 15 is 0 Å². The number of aromatic nitrogens is 1. The molecule has 4 nitrogen and oxygen atoms in total. The fourth-order valence-corrected chi connectivity index (χ4v) is 2.01. The van der Waals surface area contributed by atoms with E-state index in [2.05, 4.69) is 24.1 Å². The first-order valence-electron chi connectivity index (χ1n) is 6.68. The molecule has 1 heterocycles. The Bertz CT molecular complexity index is 554. The van der Waals surface area contributed by atoms with E-state index in [0.29, 0.717) is 25.1 Å².